The molecule has 4 rings (SSSR count). The normalized spacial score (nSPS) is 21.4. The topological polar surface area (TPSA) is 46.8 Å². The summed E-state index contributed by atoms with van der Waals surface area (Å²) in [7, 11) is 0. The first-order valence-electron chi connectivity index (χ1n) is 8.63. The number of anilines is 1. The van der Waals surface area contributed by atoms with Crippen molar-refractivity contribution < 1.29 is 0 Å². The van der Waals surface area contributed by atoms with E-state index in [0.717, 1.165) is 35.6 Å². The molecule has 1 aromatic carbocycles. The van der Waals surface area contributed by atoms with Crippen LogP contribution in [0.15, 0.2) is 36.8 Å². The molecule has 3 heterocycles. The van der Waals surface area contributed by atoms with Crippen LogP contribution < -0.4 is 4.90 Å². The molecular weight excluding hydrogens is 298 g/mol. The molecule has 0 aliphatic carbocycles. The van der Waals surface area contributed by atoms with Crippen molar-refractivity contribution in [3.05, 3.63) is 42.4 Å². The van der Waals surface area contributed by atoms with E-state index in [9.17, 15) is 0 Å². The number of nitrogens with zero attached hydrogens (tertiary/aromatic N) is 5. The summed E-state index contributed by atoms with van der Waals surface area (Å²) in [5.74, 6) is 2.38. The molecule has 0 N–H and O–H groups in total. The van der Waals surface area contributed by atoms with E-state index in [1.165, 1.54) is 12.0 Å². The molecule has 5 nitrogen and oxygen atoms in total. The first-order valence-corrected chi connectivity index (χ1v) is 8.63. The zero-order valence-corrected chi connectivity index (χ0v) is 14.5. The van der Waals surface area contributed by atoms with Gasteiger partial charge in [0.05, 0.1) is 17.3 Å². The minimum atomic E-state index is 0.685. The van der Waals surface area contributed by atoms with Crippen LogP contribution in [-0.2, 0) is 0 Å². The molecule has 0 radical (unpaired) electrons. The smallest absolute Gasteiger partial charge is 0.168 e. The van der Waals surface area contributed by atoms with E-state index < -0.39 is 0 Å². The fraction of sp³-hybridized carbons (Fsp3) is 0.421. The van der Waals surface area contributed by atoms with Crippen molar-refractivity contribution in [3.63, 3.8) is 0 Å². The van der Waals surface area contributed by atoms with Crippen LogP contribution in [0.5, 0.6) is 0 Å². The Bertz CT molecular complexity index is 859. The maximum Gasteiger partial charge on any atom is 0.168 e. The lowest BCUT2D eigenvalue weighted by atomic mass is 9.92. The molecule has 24 heavy (non-hydrogen) atoms. The second-order valence-electron chi connectivity index (χ2n) is 7.13. The average molecular weight is 321 g/mol. The van der Waals surface area contributed by atoms with E-state index in [0.29, 0.717) is 11.8 Å². The van der Waals surface area contributed by atoms with Crippen LogP contribution in [-0.4, -0.2) is 32.8 Å². The molecule has 1 saturated heterocycles. The number of rotatable bonds is 2. The van der Waals surface area contributed by atoms with E-state index in [1.807, 2.05) is 23.0 Å². The molecule has 2 aromatic heterocycles. The van der Waals surface area contributed by atoms with Gasteiger partial charge in [0.25, 0.3) is 0 Å². The molecule has 1 aliphatic heterocycles. The number of fused-ring (bicyclic) bond motifs is 1. The van der Waals surface area contributed by atoms with E-state index >= 15 is 0 Å². The van der Waals surface area contributed by atoms with Gasteiger partial charge in [-0.3, -0.25) is 0 Å². The van der Waals surface area contributed by atoms with Crippen LogP contribution in [0.2, 0.25) is 0 Å². The second kappa shape index (κ2) is 5.89. The molecule has 0 bridgehead atoms. The van der Waals surface area contributed by atoms with Crippen molar-refractivity contribution in [1.82, 2.24) is 19.7 Å². The third-order valence-electron chi connectivity index (χ3n) is 4.86. The summed E-state index contributed by atoms with van der Waals surface area (Å²) in [6, 6.07) is 8.25. The maximum atomic E-state index is 4.61. The Kier molecular flexibility index (Phi) is 3.71. The van der Waals surface area contributed by atoms with Gasteiger partial charge in [0.1, 0.15) is 12.1 Å². The molecule has 0 amide bonds. The molecule has 0 saturated carbocycles. The Morgan fingerprint density at radius 2 is 1.79 bits per heavy atom. The van der Waals surface area contributed by atoms with Crippen LogP contribution in [0, 0.1) is 18.8 Å². The Morgan fingerprint density at radius 1 is 1.04 bits per heavy atom. The SMILES string of the molecule is Cc1ccccc1-n1ncc2c(N3CC(C)CC(C)C3)ncnc21. The molecule has 2 unspecified atom stereocenters. The Labute approximate surface area is 142 Å². The summed E-state index contributed by atoms with van der Waals surface area (Å²) >= 11 is 0. The number of benzene rings is 1. The molecule has 1 fully saturated rings. The van der Waals surface area contributed by atoms with Gasteiger partial charge in [-0.2, -0.15) is 5.10 Å². The van der Waals surface area contributed by atoms with Gasteiger partial charge in [0.15, 0.2) is 5.65 Å². The second-order valence-corrected chi connectivity index (χ2v) is 7.13. The van der Waals surface area contributed by atoms with Gasteiger partial charge in [-0.1, -0.05) is 32.0 Å². The summed E-state index contributed by atoms with van der Waals surface area (Å²) < 4.78 is 1.92. The van der Waals surface area contributed by atoms with Crippen LogP contribution in [0.25, 0.3) is 16.7 Å². The largest absolute Gasteiger partial charge is 0.355 e. The third-order valence-corrected chi connectivity index (χ3v) is 4.86. The molecule has 5 heteroatoms. The van der Waals surface area contributed by atoms with E-state index in [-0.39, 0.29) is 0 Å². The van der Waals surface area contributed by atoms with Crippen molar-refractivity contribution in [2.75, 3.05) is 18.0 Å². The highest BCUT2D eigenvalue weighted by atomic mass is 15.3. The van der Waals surface area contributed by atoms with Crippen molar-refractivity contribution in [2.45, 2.75) is 27.2 Å². The number of piperidine rings is 1. The predicted molar refractivity (Wildman–Crippen MR) is 96.6 cm³/mol. The molecule has 0 spiro atoms. The molecule has 124 valence electrons. The molecular formula is C19H23N5. The molecule has 1 aliphatic rings. The monoisotopic (exact) mass is 321 g/mol. The van der Waals surface area contributed by atoms with Crippen molar-refractivity contribution in [3.8, 4) is 5.69 Å². The van der Waals surface area contributed by atoms with Gasteiger partial charge in [0.2, 0.25) is 0 Å². The standard InChI is InChI=1S/C19H23N5/c1-13-8-14(2)11-23(10-13)18-16-9-22-24(19(16)21-12-20-18)17-7-5-4-6-15(17)3/h4-7,9,12-14H,8,10-11H2,1-3H3. The van der Waals surface area contributed by atoms with Crippen LogP contribution in [0.4, 0.5) is 5.82 Å². The Morgan fingerprint density at radius 3 is 2.54 bits per heavy atom. The lowest BCUT2D eigenvalue weighted by Gasteiger charge is -2.35. The Balaban J connectivity index is 1.81. The highest BCUT2D eigenvalue weighted by Crippen LogP contribution is 2.30. The van der Waals surface area contributed by atoms with Crippen LogP contribution >= 0.6 is 0 Å². The summed E-state index contributed by atoms with van der Waals surface area (Å²) in [5, 5.41) is 5.64. The van der Waals surface area contributed by atoms with E-state index in [4.69, 9.17) is 0 Å². The third kappa shape index (κ3) is 2.54. The summed E-state index contributed by atoms with van der Waals surface area (Å²) in [6.07, 6.45) is 4.85. The lowest BCUT2D eigenvalue weighted by Crippen LogP contribution is -2.39. The summed E-state index contributed by atoms with van der Waals surface area (Å²) in [4.78, 5) is 11.5. The van der Waals surface area contributed by atoms with Crippen molar-refractivity contribution in [2.24, 2.45) is 11.8 Å². The number of para-hydroxylation sites is 1. The molecule has 3 aromatic rings. The van der Waals surface area contributed by atoms with Gasteiger partial charge in [-0.05, 0) is 36.8 Å². The number of aromatic nitrogens is 4. The van der Waals surface area contributed by atoms with Crippen LogP contribution in [0.1, 0.15) is 25.8 Å². The fourth-order valence-corrected chi connectivity index (χ4v) is 3.90. The average Bonchev–Trinajstić information content (AvgIpc) is 2.98. The number of hydrogen-bond donors (Lipinski definition) is 0. The van der Waals surface area contributed by atoms with E-state index in [1.54, 1.807) is 6.33 Å². The first-order chi connectivity index (χ1) is 11.6. The predicted octanol–water partition coefficient (Wildman–Crippen LogP) is 3.61. The zero-order valence-electron chi connectivity index (χ0n) is 14.5. The van der Waals surface area contributed by atoms with Crippen molar-refractivity contribution >= 4 is 16.9 Å². The van der Waals surface area contributed by atoms with Gasteiger partial charge in [-0.25, -0.2) is 14.6 Å². The van der Waals surface area contributed by atoms with E-state index in [2.05, 4.69) is 52.9 Å². The minimum Gasteiger partial charge on any atom is -0.355 e. The molecule has 2 atom stereocenters. The van der Waals surface area contributed by atoms with Gasteiger partial charge >= 0.3 is 0 Å². The van der Waals surface area contributed by atoms with Gasteiger partial charge in [0, 0.05) is 13.1 Å². The lowest BCUT2D eigenvalue weighted by molar-refractivity contribution is 0.356. The highest BCUT2D eigenvalue weighted by Gasteiger charge is 2.25. The Hall–Kier alpha value is -2.43. The minimum absolute atomic E-state index is 0.685. The fourth-order valence-electron chi connectivity index (χ4n) is 3.90. The first kappa shape index (κ1) is 15.1. The number of aryl methyl sites for hydroxylation is 1. The van der Waals surface area contributed by atoms with Crippen molar-refractivity contribution in [1.29, 1.82) is 0 Å². The maximum absolute atomic E-state index is 4.61. The van der Waals surface area contributed by atoms with Gasteiger partial charge in [-0.15, -0.1) is 0 Å². The van der Waals surface area contributed by atoms with Gasteiger partial charge < -0.3 is 4.90 Å². The summed E-state index contributed by atoms with van der Waals surface area (Å²) in [5.41, 5.74) is 3.13. The van der Waals surface area contributed by atoms with Crippen LogP contribution in [0.3, 0.4) is 0 Å². The quantitative estimate of drug-likeness (QED) is 0.723. The highest BCUT2D eigenvalue weighted by molar-refractivity contribution is 5.87. The summed E-state index contributed by atoms with van der Waals surface area (Å²) in [6.45, 7) is 8.83. The number of hydrogen-bond acceptors (Lipinski definition) is 4. The zero-order chi connectivity index (χ0) is 16.7.